The number of nitrogens with one attached hydrogen (secondary N) is 2. The van der Waals surface area contributed by atoms with E-state index in [1.165, 1.54) is 0 Å². The van der Waals surface area contributed by atoms with E-state index in [0.717, 1.165) is 13.8 Å². The van der Waals surface area contributed by atoms with E-state index in [-0.39, 0.29) is 0 Å². The molecule has 5 rings (SSSR count). The molecular formula is C34H58N2O26. The van der Waals surface area contributed by atoms with Crippen molar-refractivity contribution in [3.8, 4) is 0 Å². The lowest BCUT2D eigenvalue weighted by atomic mass is 9.95. The van der Waals surface area contributed by atoms with Crippen LogP contribution in [-0.2, 0) is 52.2 Å². The Kier molecular flexibility index (Phi) is 18.1. The van der Waals surface area contributed by atoms with Crippen LogP contribution in [0.5, 0.6) is 0 Å². The van der Waals surface area contributed by atoms with Gasteiger partial charge in [0.1, 0.15) is 122 Å². The fourth-order valence-corrected chi connectivity index (χ4v) is 7.69. The van der Waals surface area contributed by atoms with Gasteiger partial charge in [-0.3, -0.25) is 9.59 Å². The first kappa shape index (κ1) is 51.0. The van der Waals surface area contributed by atoms with Crippen LogP contribution in [-0.4, -0.2) is 275 Å². The largest absolute Gasteiger partial charge is 0.394 e. The van der Waals surface area contributed by atoms with Gasteiger partial charge in [0.15, 0.2) is 31.5 Å². The lowest BCUT2D eigenvalue weighted by molar-refractivity contribution is -0.385. The van der Waals surface area contributed by atoms with Gasteiger partial charge in [-0.1, -0.05) is 0 Å². The van der Waals surface area contributed by atoms with Crippen molar-refractivity contribution in [2.45, 2.75) is 167 Å². The second-order valence-electron chi connectivity index (χ2n) is 15.5. The van der Waals surface area contributed by atoms with Gasteiger partial charge >= 0.3 is 0 Å². The maximum absolute atomic E-state index is 12.0. The number of aliphatic hydroxyl groups excluding tert-OH is 15. The molecule has 25 atom stereocenters. The molecule has 0 bridgehead atoms. The zero-order valence-electron chi connectivity index (χ0n) is 33.2. The molecule has 0 aromatic heterocycles. The van der Waals surface area contributed by atoms with E-state index in [1.807, 2.05) is 0 Å². The summed E-state index contributed by atoms with van der Waals surface area (Å²) in [5, 5.41) is 163. The number of rotatable bonds is 15. The van der Waals surface area contributed by atoms with Crippen LogP contribution in [0.4, 0.5) is 0 Å². The van der Waals surface area contributed by atoms with Crippen LogP contribution in [0.2, 0.25) is 0 Å². The van der Waals surface area contributed by atoms with Crippen LogP contribution in [0.3, 0.4) is 0 Å². The van der Waals surface area contributed by atoms with Crippen molar-refractivity contribution in [2.24, 2.45) is 0 Å². The van der Waals surface area contributed by atoms with Crippen LogP contribution >= 0.6 is 0 Å². The Morgan fingerprint density at radius 2 is 0.774 bits per heavy atom. The van der Waals surface area contributed by atoms with Gasteiger partial charge in [0.2, 0.25) is 11.8 Å². The molecule has 5 aliphatic heterocycles. The van der Waals surface area contributed by atoms with Gasteiger partial charge in [-0.05, 0) is 0 Å². The summed E-state index contributed by atoms with van der Waals surface area (Å²) in [6.45, 7) is -2.29. The Balaban J connectivity index is 1.37. The number of carbonyl (C=O) groups is 2. The van der Waals surface area contributed by atoms with Crippen LogP contribution in [0, 0.1) is 0 Å². The molecule has 28 nitrogen and oxygen atoms in total. The van der Waals surface area contributed by atoms with Crippen molar-refractivity contribution in [2.75, 3.05) is 33.0 Å². The Morgan fingerprint density at radius 3 is 1.18 bits per heavy atom. The van der Waals surface area contributed by atoms with E-state index in [0.29, 0.717) is 0 Å². The molecule has 0 spiro atoms. The second-order valence-corrected chi connectivity index (χ2v) is 15.5. The maximum atomic E-state index is 12.0. The lowest BCUT2D eigenvalue weighted by Gasteiger charge is -2.49. The SMILES string of the molecule is CC(=O)N[C@H]1[C@H](O[C@@H]2[C@@H](OC[C@H]3O[C@@H](O)[C@@H](O)[C@@H](O[C@H]4O[C@H](CO)[C@@H](O)[C@H](O)[C@@H]4O[C@@H]4O[C@H](CO)[C@@H](O)[C@H](O)[C@H]4NC(C)=O)[C@@H]3O)O[C@H](CO)[C@@H](O)[C@@H]2O)O[C@H](CO)[C@@H](O)[C@@H]1O. The summed E-state index contributed by atoms with van der Waals surface area (Å²) in [6.07, 6.45) is -42.4. The molecule has 2 amide bonds. The molecule has 360 valence electrons. The number of hydrogen-bond acceptors (Lipinski definition) is 26. The average Bonchev–Trinajstić information content (AvgIpc) is 3.23. The second kappa shape index (κ2) is 22.0. The molecule has 0 aliphatic carbocycles. The van der Waals surface area contributed by atoms with Crippen molar-refractivity contribution >= 4 is 11.8 Å². The lowest BCUT2D eigenvalue weighted by Crippen LogP contribution is -2.69. The van der Waals surface area contributed by atoms with Crippen molar-refractivity contribution < 1.29 is 129 Å². The Hall–Kier alpha value is -2.02. The molecule has 28 heteroatoms. The monoisotopic (exact) mass is 910 g/mol. The maximum Gasteiger partial charge on any atom is 0.217 e. The first-order chi connectivity index (χ1) is 29.3. The highest BCUT2D eigenvalue weighted by molar-refractivity contribution is 5.73. The van der Waals surface area contributed by atoms with Gasteiger partial charge < -0.3 is 130 Å². The van der Waals surface area contributed by atoms with Gasteiger partial charge in [0.25, 0.3) is 0 Å². The molecule has 5 fully saturated rings. The molecule has 0 aromatic carbocycles. The predicted octanol–water partition coefficient (Wildman–Crippen LogP) is -11.6. The van der Waals surface area contributed by atoms with Gasteiger partial charge in [-0.25, -0.2) is 0 Å². The van der Waals surface area contributed by atoms with Gasteiger partial charge in [-0.15, -0.1) is 0 Å². The smallest absolute Gasteiger partial charge is 0.217 e. The normalized spacial score (nSPS) is 49.0. The fraction of sp³-hybridized carbons (Fsp3) is 0.941. The molecular weight excluding hydrogens is 852 g/mol. The van der Waals surface area contributed by atoms with E-state index >= 15 is 0 Å². The minimum Gasteiger partial charge on any atom is -0.394 e. The third-order valence-corrected chi connectivity index (χ3v) is 11.1. The Labute approximate surface area is 351 Å². The molecule has 0 unspecified atom stereocenters. The molecule has 5 heterocycles. The molecule has 0 aromatic rings. The third-order valence-electron chi connectivity index (χ3n) is 11.1. The molecule has 0 saturated carbocycles. The van der Waals surface area contributed by atoms with Crippen LogP contribution < -0.4 is 10.6 Å². The van der Waals surface area contributed by atoms with Gasteiger partial charge in [0.05, 0.1) is 33.0 Å². The summed E-state index contributed by atoms with van der Waals surface area (Å²) in [5.74, 6) is -1.47. The Bertz CT molecular complexity index is 1440. The number of hydrogen-bond donors (Lipinski definition) is 17. The summed E-state index contributed by atoms with van der Waals surface area (Å²) in [7, 11) is 0. The summed E-state index contributed by atoms with van der Waals surface area (Å²) < 4.78 is 50.9. The highest BCUT2D eigenvalue weighted by atomic mass is 16.8. The molecule has 5 saturated heterocycles. The number of aliphatic hydroxyl groups is 15. The minimum atomic E-state index is -2.19. The van der Waals surface area contributed by atoms with E-state index < -0.39 is 198 Å². The van der Waals surface area contributed by atoms with E-state index in [1.54, 1.807) is 0 Å². The third kappa shape index (κ3) is 11.0. The first-order valence-corrected chi connectivity index (χ1v) is 19.6. The topological polar surface area (TPSA) is 445 Å². The molecule has 0 radical (unpaired) electrons. The quantitative estimate of drug-likeness (QED) is 0.0725. The summed E-state index contributed by atoms with van der Waals surface area (Å²) >= 11 is 0. The zero-order chi connectivity index (χ0) is 45.9. The van der Waals surface area contributed by atoms with Crippen LogP contribution in [0.25, 0.3) is 0 Å². The Morgan fingerprint density at radius 1 is 0.419 bits per heavy atom. The van der Waals surface area contributed by atoms with Crippen molar-refractivity contribution in [1.82, 2.24) is 10.6 Å². The minimum absolute atomic E-state index is 0.727. The van der Waals surface area contributed by atoms with E-state index in [2.05, 4.69) is 10.6 Å². The van der Waals surface area contributed by atoms with Crippen molar-refractivity contribution in [3.05, 3.63) is 0 Å². The summed E-state index contributed by atoms with van der Waals surface area (Å²) in [5.41, 5.74) is 0. The standard InChI is InChI=1S/C34H58N2O26/c1-8(41)35-15-22(48)17(43)10(3-37)56-31(15)61-28-24(50)19(45)12(5-39)58-33(28)54-7-14-21(47)27(26(52)30(53)55-14)60-34-29(25(51)20(46)13(6-40)59-34)62-32-16(36-9(2)42)23(49)18(44)11(4-38)57-32/h10-34,37-40,43-53H,3-7H2,1-2H3,(H,35,41)(H,36,42)/t10-,11-,12-,13-,14-,15-,16-,17-,18-,19-,20-,21-,22-,23-,24+,25+,26+,27+,28+,29+,30-,31+,32+,33+,34-/m1/s1. The summed E-state index contributed by atoms with van der Waals surface area (Å²) in [4.78, 5) is 24.0. The number of ether oxygens (including phenoxy) is 9. The number of amides is 2. The molecule has 5 aliphatic rings. The molecule has 17 N–H and O–H groups in total. The first-order valence-electron chi connectivity index (χ1n) is 19.6. The van der Waals surface area contributed by atoms with Crippen molar-refractivity contribution in [3.63, 3.8) is 0 Å². The highest BCUT2D eigenvalue weighted by Crippen LogP contribution is 2.34. The average molecular weight is 911 g/mol. The molecule has 62 heavy (non-hydrogen) atoms. The highest BCUT2D eigenvalue weighted by Gasteiger charge is 2.56. The van der Waals surface area contributed by atoms with Crippen molar-refractivity contribution in [1.29, 1.82) is 0 Å². The van der Waals surface area contributed by atoms with Gasteiger partial charge in [-0.2, -0.15) is 0 Å². The number of carbonyl (C=O) groups excluding carboxylic acids is 2. The fourth-order valence-electron chi connectivity index (χ4n) is 7.69. The zero-order valence-corrected chi connectivity index (χ0v) is 33.2. The van der Waals surface area contributed by atoms with Gasteiger partial charge in [0, 0.05) is 13.8 Å². The van der Waals surface area contributed by atoms with E-state index in [4.69, 9.17) is 42.6 Å². The predicted molar refractivity (Wildman–Crippen MR) is 190 cm³/mol. The van der Waals surface area contributed by atoms with Crippen LogP contribution in [0.1, 0.15) is 13.8 Å². The van der Waals surface area contributed by atoms with Crippen LogP contribution in [0.15, 0.2) is 0 Å². The summed E-state index contributed by atoms with van der Waals surface area (Å²) in [6, 6.07) is -3.13. The van der Waals surface area contributed by atoms with E-state index in [9.17, 15) is 86.2 Å².